The van der Waals surface area contributed by atoms with Gasteiger partial charge in [-0.05, 0) is 55.7 Å². The Labute approximate surface area is 213 Å². The van der Waals surface area contributed by atoms with Crippen LogP contribution < -0.4 is 9.62 Å². The summed E-state index contributed by atoms with van der Waals surface area (Å²) in [6.45, 7) is 5.70. The second-order valence-electron chi connectivity index (χ2n) is 8.64. The molecule has 190 valence electrons. The number of carbonyl (C=O) groups excluding carboxylic acids is 2. The molecule has 3 rings (SSSR count). The summed E-state index contributed by atoms with van der Waals surface area (Å²) in [6.07, 6.45) is 0.765. The van der Waals surface area contributed by atoms with Crippen LogP contribution in [0.1, 0.15) is 31.4 Å². The van der Waals surface area contributed by atoms with Crippen molar-refractivity contribution in [1.82, 2.24) is 10.2 Å². The quantitative estimate of drug-likeness (QED) is 0.423. The molecule has 0 saturated heterocycles. The molecule has 0 radical (unpaired) electrons. The molecule has 0 aliphatic rings. The van der Waals surface area contributed by atoms with Crippen molar-refractivity contribution >= 4 is 27.5 Å². The van der Waals surface area contributed by atoms with Crippen LogP contribution in [0, 0.1) is 6.92 Å². The summed E-state index contributed by atoms with van der Waals surface area (Å²) < 4.78 is 28.5. The van der Waals surface area contributed by atoms with E-state index in [1.54, 1.807) is 43.3 Å². The third-order valence-corrected chi connectivity index (χ3v) is 7.60. The van der Waals surface area contributed by atoms with E-state index in [9.17, 15) is 18.0 Å². The van der Waals surface area contributed by atoms with Crippen LogP contribution in [0.25, 0.3) is 0 Å². The van der Waals surface area contributed by atoms with E-state index in [4.69, 9.17) is 0 Å². The molecular weight excluding hydrogens is 474 g/mol. The second kappa shape index (κ2) is 12.4. The van der Waals surface area contributed by atoms with Gasteiger partial charge in [0.15, 0.2) is 0 Å². The molecule has 3 aromatic rings. The lowest BCUT2D eigenvalue weighted by atomic mass is 10.1. The lowest BCUT2D eigenvalue weighted by Gasteiger charge is -2.32. The lowest BCUT2D eigenvalue weighted by molar-refractivity contribution is -0.139. The van der Waals surface area contributed by atoms with Crippen LogP contribution in [0.15, 0.2) is 89.8 Å². The minimum Gasteiger partial charge on any atom is -0.354 e. The number of aryl methyl sites for hydroxylation is 1. The number of hydrogen-bond donors (Lipinski definition) is 1. The average Bonchev–Trinajstić information content (AvgIpc) is 2.89. The number of nitrogens with zero attached hydrogens (tertiary/aromatic N) is 2. The summed E-state index contributed by atoms with van der Waals surface area (Å²) in [5.74, 6) is -0.756. The smallest absolute Gasteiger partial charge is 0.264 e. The fraction of sp³-hybridized carbons (Fsp3) is 0.286. The Balaban J connectivity index is 1.99. The minimum absolute atomic E-state index is 0.0858. The summed E-state index contributed by atoms with van der Waals surface area (Å²) in [7, 11) is -4.05. The third-order valence-electron chi connectivity index (χ3n) is 5.81. The molecule has 2 amide bonds. The highest BCUT2D eigenvalue weighted by Crippen LogP contribution is 2.25. The topological polar surface area (TPSA) is 86.8 Å². The number of amides is 2. The van der Waals surface area contributed by atoms with Crippen molar-refractivity contribution in [2.24, 2.45) is 0 Å². The Morgan fingerprint density at radius 2 is 1.56 bits per heavy atom. The van der Waals surface area contributed by atoms with Crippen molar-refractivity contribution in [1.29, 1.82) is 0 Å². The Hall–Kier alpha value is -3.65. The van der Waals surface area contributed by atoms with E-state index < -0.39 is 28.5 Å². The first-order valence-corrected chi connectivity index (χ1v) is 13.4. The van der Waals surface area contributed by atoms with Gasteiger partial charge in [-0.2, -0.15) is 0 Å². The monoisotopic (exact) mass is 507 g/mol. The Morgan fingerprint density at radius 3 is 2.17 bits per heavy atom. The molecule has 1 N–H and O–H groups in total. The number of carbonyl (C=O) groups is 2. The fourth-order valence-corrected chi connectivity index (χ4v) is 5.22. The van der Waals surface area contributed by atoms with E-state index in [1.165, 1.54) is 17.0 Å². The van der Waals surface area contributed by atoms with Crippen molar-refractivity contribution in [3.05, 3.63) is 96.1 Å². The largest absolute Gasteiger partial charge is 0.354 e. The number of hydrogen-bond acceptors (Lipinski definition) is 4. The van der Waals surface area contributed by atoms with Gasteiger partial charge in [-0.1, -0.05) is 67.6 Å². The maximum absolute atomic E-state index is 13.8. The number of sulfonamides is 1. The van der Waals surface area contributed by atoms with Gasteiger partial charge in [0.05, 0.1) is 10.6 Å². The van der Waals surface area contributed by atoms with Gasteiger partial charge in [0.1, 0.15) is 12.6 Å². The molecule has 0 aliphatic carbocycles. The first kappa shape index (κ1) is 26.9. The molecule has 1 unspecified atom stereocenters. The molecule has 3 aromatic carbocycles. The molecule has 0 heterocycles. The molecule has 0 aliphatic heterocycles. The molecule has 7 nitrogen and oxygen atoms in total. The van der Waals surface area contributed by atoms with Crippen LogP contribution in [-0.4, -0.2) is 44.3 Å². The Kier molecular flexibility index (Phi) is 9.25. The predicted octanol–water partition coefficient (Wildman–Crippen LogP) is 4.13. The van der Waals surface area contributed by atoms with Crippen LogP contribution in [0.4, 0.5) is 5.69 Å². The number of nitrogens with one attached hydrogen (secondary N) is 1. The van der Waals surface area contributed by atoms with E-state index in [1.807, 2.05) is 50.2 Å². The summed E-state index contributed by atoms with van der Waals surface area (Å²) in [5, 5.41) is 2.84. The zero-order valence-electron chi connectivity index (χ0n) is 20.9. The van der Waals surface area contributed by atoms with Gasteiger partial charge in [-0.25, -0.2) is 8.42 Å². The summed E-state index contributed by atoms with van der Waals surface area (Å²) in [4.78, 5) is 28.1. The van der Waals surface area contributed by atoms with Crippen LogP contribution in [0.3, 0.4) is 0 Å². The van der Waals surface area contributed by atoms with E-state index in [0.29, 0.717) is 12.2 Å². The van der Waals surface area contributed by atoms with Gasteiger partial charge in [0.25, 0.3) is 10.0 Å². The number of rotatable bonds is 11. The van der Waals surface area contributed by atoms with E-state index in [0.717, 1.165) is 21.9 Å². The van der Waals surface area contributed by atoms with E-state index in [2.05, 4.69) is 5.32 Å². The summed E-state index contributed by atoms with van der Waals surface area (Å²) in [5.41, 5.74) is 2.09. The van der Waals surface area contributed by atoms with Crippen LogP contribution in [0.5, 0.6) is 0 Å². The SMILES string of the molecule is CCCNC(=O)C(C)N(Cc1ccccc1)C(=O)CN(c1cccc(C)c1)S(=O)(=O)c1ccccc1. The van der Waals surface area contributed by atoms with Crippen LogP contribution >= 0.6 is 0 Å². The zero-order chi connectivity index (χ0) is 26.1. The predicted molar refractivity (Wildman–Crippen MR) is 142 cm³/mol. The van der Waals surface area contributed by atoms with Gasteiger partial charge in [-0.15, -0.1) is 0 Å². The Morgan fingerprint density at radius 1 is 0.917 bits per heavy atom. The minimum atomic E-state index is -4.05. The first-order valence-electron chi connectivity index (χ1n) is 12.0. The molecular formula is C28H33N3O4S. The maximum atomic E-state index is 13.8. The lowest BCUT2D eigenvalue weighted by Crippen LogP contribution is -2.51. The highest BCUT2D eigenvalue weighted by Gasteiger charge is 2.32. The number of anilines is 1. The fourth-order valence-electron chi connectivity index (χ4n) is 3.79. The van der Waals surface area contributed by atoms with Crippen molar-refractivity contribution in [2.45, 2.75) is 44.7 Å². The van der Waals surface area contributed by atoms with E-state index >= 15 is 0 Å². The van der Waals surface area contributed by atoms with Gasteiger partial charge in [0.2, 0.25) is 11.8 Å². The standard InChI is InChI=1S/C28H33N3O4S/c1-4-18-29-28(33)23(3)30(20-24-13-7-5-8-14-24)27(32)21-31(25-15-11-12-22(2)19-25)36(34,35)26-16-9-6-10-17-26/h5-17,19,23H,4,18,20-21H2,1-3H3,(H,29,33). The van der Waals surface area contributed by atoms with Gasteiger partial charge in [-0.3, -0.25) is 13.9 Å². The van der Waals surface area contributed by atoms with E-state index in [-0.39, 0.29) is 17.3 Å². The molecule has 0 saturated carbocycles. The molecule has 1 atom stereocenters. The van der Waals surface area contributed by atoms with Gasteiger partial charge >= 0.3 is 0 Å². The zero-order valence-corrected chi connectivity index (χ0v) is 21.7. The first-order chi connectivity index (χ1) is 17.2. The van der Waals surface area contributed by atoms with Crippen molar-refractivity contribution in [3.63, 3.8) is 0 Å². The van der Waals surface area contributed by atoms with Crippen molar-refractivity contribution in [3.8, 4) is 0 Å². The highest BCUT2D eigenvalue weighted by molar-refractivity contribution is 7.92. The second-order valence-corrected chi connectivity index (χ2v) is 10.5. The molecule has 0 spiro atoms. The van der Waals surface area contributed by atoms with Crippen LogP contribution in [-0.2, 0) is 26.2 Å². The van der Waals surface area contributed by atoms with Gasteiger partial charge < -0.3 is 10.2 Å². The average molecular weight is 508 g/mol. The van der Waals surface area contributed by atoms with Crippen molar-refractivity contribution in [2.75, 3.05) is 17.4 Å². The number of benzene rings is 3. The molecule has 0 bridgehead atoms. The molecule has 8 heteroatoms. The molecule has 0 fully saturated rings. The summed E-state index contributed by atoms with van der Waals surface area (Å²) >= 11 is 0. The normalized spacial score (nSPS) is 12.0. The molecule has 0 aromatic heterocycles. The van der Waals surface area contributed by atoms with Gasteiger partial charge in [0, 0.05) is 13.1 Å². The van der Waals surface area contributed by atoms with Crippen LogP contribution in [0.2, 0.25) is 0 Å². The Bertz CT molecular complexity index is 1260. The summed E-state index contributed by atoms with van der Waals surface area (Å²) in [6, 6.07) is 23.6. The maximum Gasteiger partial charge on any atom is 0.264 e. The third kappa shape index (κ3) is 6.73. The molecule has 36 heavy (non-hydrogen) atoms. The van der Waals surface area contributed by atoms with Crippen molar-refractivity contribution < 1.29 is 18.0 Å². The highest BCUT2D eigenvalue weighted by atomic mass is 32.2.